The molecule has 1 aromatic rings. The Kier molecular flexibility index (Phi) is 4.52. The van der Waals surface area contributed by atoms with Crippen LogP contribution < -0.4 is 5.73 Å². The maximum absolute atomic E-state index is 6.08. The standard InChI is InChI=1S/C15H23NS/c1-11(2)14(16)8-5-7-13-10-12-6-3-4-9-15(12)17-13/h3-4,6,9,11,13-14H,5,7-8,10,16H2,1-2H3. The van der Waals surface area contributed by atoms with Crippen LogP contribution in [0.2, 0.25) is 0 Å². The van der Waals surface area contributed by atoms with E-state index in [0.29, 0.717) is 12.0 Å². The second-order valence-electron chi connectivity index (χ2n) is 5.39. The lowest BCUT2D eigenvalue weighted by Crippen LogP contribution is -2.26. The zero-order valence-electron chi connectivity index (χ0n) is 10.9. The number of nitrogens with two attached hydrogens (primary N) is 1. The third-order valence-corrected chi connectivity index (χ3v) is 5.02. The Morgan fingerprint density at radius 2 is 2.12 bits per heavy atom. The molecule has 0 amide bonds. The molecule has 2 atom stereocenters. The van der Waals surface area contributed by atoms with E-state index in [1.807, 2.05) is 0 Å². The smallest absolute Gasteiger partial charge is 0.0135 e. The predicted molar refractivity (Wildman–Crippen MR) is 76.5 cm³/mol. The second-order valence-corrected chi connectivity index (χ2v) is 6.73. The van der Waals surface area contributed by atoms with Crippen molar-refractivity contribution in [1.82, 2.24) is 0 Å². The van der Waals surface area contributed by atoms with Crippen molar-refractivity contribution in [2.24, 2.45) is 11.7 Å². The highest BCUT2D eigenvalue weighted by atomic mass is 32.2. The maximum atomic E-state index is 6.08. The highest BCUT2D eigenvalue weighted by molar-refractivity contribution is 8.00. The molecule has 2 heteroatoms. The molecule has 0 saturated heterocycles. The Labute approximate surface area is 109 Å². The summed E-state index contributed by atoms with van der Waals surface area (Å²) in [6.45, 7) is 4.43. The van der Waals surface area contributed by atoms with Gasteiger partial charge in [0, 0.05) is 16.2 Å². The number of hydrogen-bond donors (Lipinski definition) is 1. The van der Waals surface area contributed by atoms with Gasteiger partial charge in [-0.05, 0) is 36.8 Å². The van der Waals surface area contributed by atoms with E-state index in [1.54, 1.807) is 0 Å². The van der Waals surface area contributed by atoms with Crippen LogP contribution in [0, 0.1) is 5.92 Å². The topological polar surface area (TPSA) is 26.0 Å². The van der Waals surface area contributed by atoms with Gasteiger partial charge < -0.3 is 5.73 Å². The van der Waals surface area contributed by atoms with Gasteiger partial charge in [0.2, 0.25) is 0 Å². The normalized spacial score (nSPS) is 20.6. The summed E-state index contributed by atoms with van der Waals surface area (Å²) in [5.74, 6) is 0.614. The first-order valence-corrected chi connectivity index (χ1v) is 7.55. The third kappa shape index (κ3) is 3.49. The molecule has 2 unspecified atom stereocenters. The van der Waals surface area contributed by atoms with E-state index < -0.39 is 0 Å². The molecule has 1 aromatic carbocycles. The summed E-state index contributed by atoms with van der Waals surface area (Å²) in [5, 5.41) is 0.784. The Hall–Kier alpha value is -0.470. The summed E-state index contributed by atoms with van der Waals surface area (Å²) in [5.41, 5.74) is 7.62. The van der Waals surface area contributed by atoms with Crippen LogP contribution in [0.4, 0.5) is 0 Å². The summed E-state index contributed by atoms with van der Waals surface area (Å²) < 4.78 is 0. The van der Waals surface area contributed by atoms with Gasteiger partial charge in [0.1, 0.15) is 0 Å². The first kappa shape index (κ1) is 13.0. The van der Waals surface area contributed by atoms with Crippen LogP contribution in [-0.2, 0) is 6.42 Å². The first-order valence-electron chi connectivity index (χ1n) is 6.67. The monoisotopic (exact) mass is 249 g/mol. The highest BCUT2D eigenvalue weighted by Gasteiger charge is 2.21. The number of thioether (sulfide) groups is 1. The Morgan fingerprint density at radius 1 is 1.35 bits per heavy atom. The molecular formula is C15H23NS. The van der Waals surface area contributed by atoms with Crippen molar-refractivity contribution >= 4 is 11.8 Å². The fraction of sp³-hybridized carbons (Fsp3) is 0.600. The molecule has 1 heterocycles. The molecule has 2 rings (SSSR count). The fourth-order valence-corrected chi connectivity index (χ4v) is 3.70. The van der Waals surface area contributed by atoms with Crippen LogP contribution in [0.25, 0.3) is 0 Å². The van der Waals surface area contributed by atoms with Crippen molar-refractivity contribution < 1.29 is 0 Å². The van der Waals surface area contributed by atoms with Crippen molar-refractivity contribution in [3.05, 3.63) is 29.8 Å². The molecule has 1 aliphatic heterocycles. The quantitative estimate of drug-likeness (QED) is 0.857. The second kappa shape index (κ2) is 5.92. The molecule has 0 spiro atoms. The number of rotatable bonds is 5. The minimum atomic E-state index is 0.378. The lowest BCUT2D eigenvalue weighted by Gasteiger charge is -2.16. The molecule has 0 fully saturated rings. The lowest BCUT2D eigenvalue weighted by molar-refractivity contribution is 0.444. The van der Waals surface area contributed by atoms with Crippen LogP contribution in [0.15, 0.2) is 29.2 Å². The van der Waals surface area contributed by atoms with E-state index in [9.17, 15) is 0 Å². The van der Waals surface area contributed by atoms with E-state index in [2.05, 4.69) is 49.9 Å². The zero-order valence-corrected chi connectivity index (χ0v) is 11.7. The van der Waals surface area contributed by atoms with Crippen LogP contribution in [0.3, 0.4) is 0 Å². The molecule has 17 heavy (non-hydrogen) atoms. The number of benzene rings is 1. The Balaban J connectivity index is 1.73. The SMILES string of the molecule is CC(C)C(N)CCCC1Cc2ccccc2S1. The molecule has 0 bridgehead atoms. The van der Waals surface area contributed by atoms with Gasteiger partial charge in [-0.2, -0.15) is 0 Å². The van der Waals surface area contributed by atoms with E-state index in [4.69, 9.17) is 5.73 Å². The summed E-state index contributed by atoms with van der Waals surface area (Å²) in [7, 11) is 0. The first-order chi connectivity index (χ1) is 8.16. The van der Waals surface area contributed by atoms with Crippen molar-refractivity contribution in [2.45, 2.75) is 55.7 Å². The van der Waals surface area contributed by atoms with Crippen molar-refractivity contribution in [3.8, 4) is 0 Å². The molecular weight excluding hydrogens is 226 g/mol. The Bertz CT molecular complexity index is 337. The predicted octanol–water partition coefficient (Wildman–Crippen LogP) is 3.86. The molecule has 0 aromatic heterocycles. The highest BCUT2D eigenvalue weighted by Crippen LogP contribution is 2.38. The van der Waals surface area contributed by atoms with Gasteiger partial charge in [0.05, 0.1) is 0 Å². The molecule has 94 valence electrons. The number of hydrogen-bond acceptors (Lipinski definition) is 2. The van der Waals surface area contributed by atoms with Crippen molar-refractivity contribution in [2.75, 3.05) is 0 Å². The minimum absolute atomic E-state index is 0.378. The van der Waals surface area contributed by atoms with Gasteiger partial charge in [-0.25, -0.2) is 0 Å². The summed E-state index contributed by atoms with van der Waals surface area (Å²) >= 11 is 2.06. The van der Waals surface area contributed by atoms with E-state index in [0.717, 1.165) is 5.25 Å². The molecule has 1 aliphatic rings. The minimum Gasteiger partial charge on any atom is -0.327 e. The Morgan fingerprint density at radius 3 is 2.82 bits per heavy atom. The molecule has 0 aliphatic carbocycles. The fourth-order valence-electron chi connectivity index (χ4n) is 2.33. The average molecular weight is 249 g/mol. The van der Waals surface area contributed by atoms with Crippen LogP contribution in [0.1, 0.15) is 38.7 Å². The third-order valence-electron chi connectivity index (χ3n) is 3.63. The van der Waals surface area contributed by atoms with E-state index >= 15 is 0 Å². The average Bonchev–Trinajstić information content (AvgIpc) is 2.71. The van der Waals surface area contributed by atoms with E-state index in [1.165, 1.54) is 36.1 Å². The van der Waals surface area contributed by atoms with Crippen LogP contribution in [-0.4, -0.2) is 11.3 Å². The van der Waals surface area contributed by atoms with Gasteiger partial charge in [-0.15, -0.1) is 11.8 Å². The molecule has 0 saturated carbocycles. The molecule has 0 radical (unpaired) electrons. The summed E-state index contributed by atoms with van der Waals surface area (Å²) in [6.07, 6.45) is 4.99. The van der Waals surface area contributed by atoms with Gasteiger partial charge in [-0.1, -0.05) is 38.5 Å². The largest absolute Gasteiger partial charge is 0.327 e. The van der Waals surface area contributed by atoms with Crippen molar-refractivity contribution in [1.29, 1.82) is 0 Å². The van der Waals surface area contributed by atoms with Gasteiger partial charge >= 0.3 is 0 Å². The molecule has 2 N–H and O–H groups in total. The van der Waals surface area contributed by atoms with Crippen molar-refractivity contribution in [3.63, 3.8) is 0 Å². The zero-order chi connectivity index (χ0) is 12.3. The van der Waals surface area contributed by atoms with Gasteiger partial charge in [0.25, 0.3) is 0 Å². The maximum Gasteiger partial charge on any atom is 0.0135 e. The van der Waals surface area contributed by atoms with E-state index in [-0.39, 0.29) is 0 Å². The van der Waals surface area contributed by atoms with Crippen LogP contribution in [0.5, 0.6) is 0 Å². The lowest BCUT2D eigenvalue weighted by atomic mass is 9.98. The number of fused-ring (bicyclic) bond motifs is 1. The summed E-state index contributed by atoms with van der Waals surface area (Å²) in [4.78, 5) is 1.49. The van der Waals surface area contributed by atoms with Crippen LogP contribution >= 0.6 is 11.8 Å². The molecule has 1 nitrogen and oxygen atoms in total. The van der Waals surface area contributed by atoms with Gasteiger partial charge in [0.15, 0.2) is 0 Å². The summed E-state index contributed by atoms with van der Waals surface area (Å²) in [6, 6.07) is 9.19. The van der Waals surface area contributed by atoms with Gasteiger partial charge in [-0.3, -0.25) is 0 Å².